The molecule has 0 spiro atoms. The van der Waals surface area contributed by atoms with Crippen molar-refractivity contribution in [2.45, 2.75) is 44.9 Å². The summed E-state index contributed by atoms with van der Waals surface area (Å²) in [6, 6.07) is 16.5. The molecule has 0 unspecified atom stereocenters. The second-order valence-corrected chi connectivity index (χ2v) is 7.39. The fourth-order valence-corrected chi connectivity index (χ4v) is 3.80. The van der Waals surface area contributed by atoms with Crippen LogP contribution in [0.1, 0.15) is 56.1 Å². The zero-order chi connectivity index (χ0) is 20.5. The Kier molecular flexibility index (Phi) is 7.62. The van der Waals surface area contributed by atoms with Crippen molar-refractivity contribution in [3.63, 3.8) is 0 Å². The number of amides is 1. The van der Waals surface area contributed by atoms with Crippen LogP contribution in [0.25, 0.3) is 16.7 Å². The number of rotatable bonds is 10. The van der Waals surface area contributed by atoms with Crippen molar-refractivity contribution in [1.82, 2.24) is 5.32 Å². The van der Waals surface area contributed by atoms with Gasteiger partial charge in [0.2, 0.25) is 5.91 Å². The molecule has 1 amide bonds. The molecule has 29 heavy (non-hydrogen) atoms. The van der Waals surface area contributed by atoms with Crippen molar-refractivity contribution in [1.29, 1.82) is 0 Å². The van der Waals surface area contributed by atoms with Gasteiger partial charge in [0.25, 0.3) is 0 Å². The molecule has 2 aromatic carbocycles. The lowest BCUT2D eigenvalue weighted by Crippen LogP contribution is -2.22. The van der Waals surface area contributed by atoms with E-state index in [0.29, 0.717) is 13.0 Å². The smallest absolute Gasteiger partial charge is 0.305 e. The maximum atomic E-state index is 12.5. The lowest BCUT2D eigenvalue weighted by Gasteiger charge is -2.05. The van der Waals surface area contributed by atoms with Gasteiger partial charge >= 0.3 is 5.97 Å². The first kappa shape index (κ1) is 20.8. The molecular formula is C25H29NO3. The quantitative estimate of drug-likeness (QED) is 0.296. The Morgan fingerprint density at radius 2 is 1.31 bits per heavy atom. The van der Waals surface area contributed by atoms with E-state index in [0.717, 1.165) is 55.2 Å². The number of fused-ring (bicyclic) bond motifs is 3. The molecule has 4 heteroatoms. The van der Waals surface area contributed by atoms with Crippen LogP contribution in [0.3, 0.4) is 0 Å². The third-order valence-corrected chi connectivity index (χ3v) is 5.33. The predicted octanol–water partition coefficient (Wildman–Crippen LogP) is 5.12. The minimum atomic E-state index is -0.130. The highest BCUT2D eigenvalue weighted by atomic mass is 16.5. The van der Waals surface area contributed by atoms with Gasteiger partial charge in [-0.1, -0.05) is 74.2 Å². The van der Waals surface area contributed by atoms with E-state index < -0.39 is 0 Å². The van der Waals surface area contributed by atoms with Crippen LogP contribution in [0.5, 0.6) is 0 Å². The van der Waals surface area contributed by atoms with Crippen LogP contribution in [0.2, 0.25) is 0 Å². The Labute approximate surface area is 173 Å². The van der Waals surface area contributed by atoms with Gasteiger partial charge in [0.1, 0.15) is 0 Å². The van der Waals surface area contributed by atoms with Crippen LogP contribution in [0.15, 0.2) is 54.6 Å². The highest BCUT2D eigenvalue weighted by Gasteiger charge is 2.22. The summed E-state index contributed by atoms with van der Waals surface area (Å²) in [4.78, 5) is 23.5. The summed E-state index contributed by atoms with van der Waals surface area (Å²) < 4.78 is 4.63. The fraction of sp³-hybridized carbons (Fsp3) is 0.360. The number of hydrogen-bond donors (Lipinski definition) is 1. The van der Waals surface area contributed by atoms with Crippen LogP contribution in [-0.4, -0.2) is 25.5 Å². The van der Waals surface area contributed by atoms with Gasteiger partial charge in [0, 0.05) is 19.0 Å². The predicted molar refractivity (Wildman–Crippen MR) is 116 cm³/mol. The number of methoxy groups -OCH3 is 1. The van der Waals surface area contributed by atoms with E-state index in [9.17, 15) is 9.59 Å². The van der Waals surface area contributed by atoms with E-state index >= 15 is 0 Å². The van der Waals surface area contributed by atoms with E-state index in [4.69, 9.17) is 0 Å². The Bertz CT molecular complexity index is 838. The van der Waals surface area contributed by atoms with E-state index in [2.05, 4.69) is 34.3 Å². The van der Waals surface area contributed by atoms with E-state index in [1.807, 2.05) is 24.3 Å². The van der Waals surface area contributed by atoms with Crippen molar-refractivity contribution in [3.8, 4) is 11.1 Å². The van der Waals surface area contributed by atoms with Gasteiger partial charge in [-0.05, 0) is 40.7 Å². The molecule has 0 bridgehead atoms. The van der Waals surface area contributed by atoms with Gasteiger partial charge < -0.3 is 10.1 Å². The molecule has 0 aromatic heterocycles. The normalized spacial score (nSPS) is 11.6. The minimum Gasteiger partial charge on any atom is -0.469 e. The van der Waals surface area contributed by atoms with Crippen LogP contribution in [-0.2, 0) is 14.3 Å². The molecule has 1 N–H and O–H groups in total. The Morgan fingerprint density at radius 3 is 1.90 bits per heavy atom. The van der Waals surface area contributed by atoms with Crippen LogP contribution < -0.4 is 5.32 Å². The number of unbranched alkanes of at least 4 members (excludes halogenated alkanes) is 5. The maximum Gasteiger partial charge on any atom is 0.305 e. The molecule has 0 atom stereocenters. The molecule has 3 rings (SSSR count). The first-order chi connectivity index (χ1) is 14.2. The number of esters is 1. The van der Waals surface area contributed by atoms with Gasteiger partial charge in [-0.15, -0.1) is 0 Å². The summed E-state index contributed by atoms with van der Waals surface area (Å²) in [5.41, 5.74) is 5.62. The van der Waals surface area contributed by atoms with Crippen LogP contribution in [0.4, 0.5) is 0 Å². The molecule has 0 saturated heterocycles. The summed E-state index contributed by atoms with van der Waals surface area (Å²) in [5, 5.41) is 3.02. The molecule has 4 nitrogen and oxygen atoms in total. The number of nitrogens with one attached hydrogen (secondary N) is 1. The number of hydrogen-bond acceptors (Lipinski definition) is 3. The molecule has 1 aliphatic rings. The van der Waals surface area contributed by atoms with Crippen LogP contribution >= 0.6 is 0 Å². The molecule has 152 valence electrons. The van der Waals surface area contributed by atoms with Crippen LogP contribution in [0, 0.1) is 0 Å². The second kappa shape index (κ2) is 10.6. The average Bonchev–Trinajstić information content (AvgIpc) is 3.06. The molecule has 0 radical (unpaired) electrons. The Morgan fingerprint density at radius 1 is 0.793 bits per heavy atom. The van der Waals surface area contributed by atoms with Gasteiger partial charge in [-0.2, -0.15) is 0 Å². The van der Waals surface area contributed by atoms with Crippen molar-refractivity contribution in [2.75, 3.05) is 13.7 Å². The third-order valence-electron chi connectivity index (χ3n) is 5.33. The largest absolute Gasteiger partial charge is 0.469 e. The van der Waals surface area contributed by atoms with E-state index in [1.165, 1.54) is 18.2 Å². The summed E-state index contributed by atoms with van der Waals surface area (Å²) in [6.45, 7) is 0.689. The van der Waals surface area contributed by atoms with E-state index in [-0.39, 0.29) is 11.9 Å². The zero-order valence-electron chi connectivity index (χ0n) is 17.1. The number of ether oxygens (including phenoxy) is 1. The topological polar surface area (TPSA) is 55.4 Å². The summed E-state index contributed by atoms with van der Waals surface area (Å²) in [7, 11) is 1.43. The highest BCUT2D eigenvalue weighted by Crippen LogP contribution is 2.43. The number of carbonyl (C=O) groups is 2. The van der Waals surface area contributed by atoms with Gasteiger partial charge in [0.15, 0.2) is 0 Å². The number of carbonyl (C=O) groups excluding carboxylic acids is 2. The SMILES string of the molecule is COC(=O)CCCCCCCCNC(=O)C=C1c2ccccc2-c2ccccc21. The lowest BCUT2D eigenvalue weighted by atomic mass is 10.0. The summed E-state index contributed by atoms with van der Waals surface area (Å²) >= 11 is 0. The molecule has 2 aromatic rings. The molecule has 1 aliphatic carbocycles. The van der Waals surface area contributed by atoms with Gasteiger partial charge in [-0.25, -0.2) is 0 Å². The molecule has 0 saturated carbocycles. The van der Waals surface area contributed by atoms with Crippen molar-refractivity contribution >= 4 is 17.4 Å². The number of benzene rings is 2. The second-order valence-electron chi connectivity index (χ2n) is 7.39. The van der Waals surface area contributed by atoms with Gasteiger partial charge in [0.05, 0.1) is 7.11 Å². The third kappa shape index (κ3) is 5.57. The van der Waals surface area contributed by atoms with E-state index in [1.54, 1.807) is 6.08 Å². The summed E-state index contributed by atoms with van der Waals surface area (Å²) in [5.74, 6) is -0.168. The lowest BCUT2D eigenvalue weighted by molar-refractivity contribution is -0.140. The van der Waals surface area contributed by atoms with Gasteiger partial charge in [-0.3, -0.25) is 9.59 Å². The van der Waals surface area contributed by atoms with Crippen molar-refractivity contribution in [2.24, 2.45) is 0 Å². The average molecular weight is 392 g/mol. The molecular weight excluding hydrogens is 362 g/mol. The monoisotopic (exact) mass is 391 g/mol. The Balaban J connectivity index is 1.42. The highest BCUT2D eigenvalue weighted by molar-refractivity contribution is 6.08. The fourth-order valence-electron chi connectivity index (χ4n) is 3.80. The first-order valence-corrected chi connectivity index (χ1v) is 10.5. The zero-order valence-corrected chi connectivity index (χ0v) is 17.1. The minimum absolute atomic E-state index is 0.0374. The van der Waals surface area contributed by atoms with Crippen molar-refractivity contribution < 1.29 is 14.3 Å². The summed E-state index contributed by atoms with van der Waals surface area (Å²) in [6.07, 6.45) is 8.47. The maximum absolute atomic E-state index is 12.5. The standard InChI is InChI=1S/C25H29NO3/c1-29-25(28)16-6-4-2-3-5-11-17-26-24(27)18-23-21-14-9-7-12-19(21)20-13-8-10-15-22(20)23/h7-10,12-15,18H,2-6,11,16-17H2,1H3,(H,26,27). The Hall–Kier alpha value is -2.88. The van der Waals surface area contributed by atoms with Crippen molar-refractivity contribution in [3.05, 3.63) is 65.7 Å². The molecule has 0 fully saturated rings. The molecule has 0 heterocycles. The molecule has 0 aliphatic heterocycles. The first-order valence-electron chi connectivity index (χ1n) is 10.5.